The molecule has 1 unspecified atom stereocenters. The van der Waals surface area contributed by atoms with Gasteiger partial charge in [-0.2, -0.15) is 13.2 Å². The van der Waals surface area contributed by atoms with Crippen LogP contribution in [0.3, 0.4) is 0 Å². The van der Waals surface area contributed by atoms with Crippen molar-refractivity contribution in [3.05, 3.63) is 35.4 Å². The number of alkyl halides is 3. The average molecular weight is 264 g/mol. The Labute approximate surface area is 103 Å². The normalized spacial score (nSPS) is 13.6. The first kappa shape index (κ1) is 14.9. The van der Waals surface area contributed by atoms with Crippen molar-refractivity contribution in [1.82, 2.24) is 0 Å². The molecule has 18 heavy (non-hydrogen) atoms. The van der Waals surface area contributed by atoms with Gasteiger partial charge in [0, 0.05) is 7.11 Å². The largest absolute Gasteiger partial charge is 0.416 e. The Morgan fingerprint density at radius 1 is 1.17 bits per heavy atom. The molecule has 1 N–H and O–H groups in total. The van der Waals surface area contributed by atoms with E-state index in [1.165, 1.54) is 19.2 Å². The Kier molecular flexibility index (Phi) is 5.58. The van der Waals surface area contributed by atoms with E-state index in [4.69, 9.17) is 9.47 Å². The van der Waals surface area contributed by atoms with Gasteiger partial charge in [-0.3, -0.25) is 0 Å². The van der Waals surface area contributed by atoms with E-state index in [0.717, 1.165) is 12.1 Å². The quantitative estimate of drug-likeness (QED) is 0.802. The number of methoxy groups -OCH3 is 1. The SMILES string of the molecule is COCCOCC(O)c1ccc(C(F)(F)F)cc1. The van der Waals surface area contributed by atoms with Crippen LogP contribution < -0.4 is 0 Å². The molecule has 6 heteroatoms. The van der Waals surface area contributed by atoms with E-state index in [2.05, 4.69) is 0 Å². The molecule has 0 heterocycles. The molecule has 0 spiro atoms. The fourth-order valence-electron chi connectivity index (χ4n) is 1.33. The maximum absolute atomic E-state index is 12.3. The van der Waals surface area contributed by atoms with Gasteiger partial charge in [-0.05, 0) is 17.7 Å². The van der Waals surface area contributed by atoms with Gasteiger partial charge < -0.3 is 14.6 Å². The lowest BCUT2D eigenvalue weighted by Gasteiger charge is -2.13. The molecule has 0 aliphatic heterocycles. The molecule has 0 saturated carbocycles. The van der Waals surface area contributed by atoms with Crippen LogP contribution >= 0.6 is 0 Å². The molecule has 0 aliphatic carbocycles. The number of rotatable bonds is 6. The highest BCUT2D eigenvalue weighted by molar-refractivity contribution is 5.26. The molecule has 0 fully saturated rings. The summed E-state index contributed by atoms with van der Waals surface area (Å²) in [6.45, 7) is 0.753. The Morgan fingerprint density at radius 2 is 1.78 bits per heavy atom. The third kappa shape index (κ3) is 4.64. The smallest absolute Gasteiger partial charge is 0.386 e. The third-order valence-corrected chi connectivity index (χ3v) is 2.33. The lowest BCUT2D eigenvalue weighted by Crippen LogP contribution is -2.11. The highest BCUT2D eigenvalue weighted by atomic mass is 19.4. The van der Waals surface area contributed by atoms with Crippen molar-refractivity contribution in [2.45, 2.75) is 12.3 Å². The van der Waals surface area contributed by atoms with E-state index >= 15 is 0 Å². The summed E-state index contributed by atoms with van der Waals surface area (Å²) in [6.07, 6.45) is -5.30. The van der Waals surface area contributed by atoms with Crippen LogP contribution in [0.25, 0.3) is 0 Å². The lowest BCUT2D eigenvalue weighted by atomic mass is 10.1. The van der Waals surface area contributed by atoms with Gasteiger partial charge in [0.2, 0.25) is 0 Å². The predicted octanol–water partition coefficient (Wildman–Crippen LogP) is 2.40. The molecule has 1 aromatic rings. The standard InChI is InChI=1S/C12H15F3O3/c1-17-6-7-18-8-11(16)9-2-4-10(5-3-9)12(13,14)15/h2-5,11,16H,6-8H2,1H3. The molecule has 0 radical (unpaired) electrons. The van der Waals surface area contributed by atoms with Gasteiger partial charge in [0.15, 0.2) is 0 Å². The fourth-order valence-corrected chi connectivity index (χ4v) is 1.33. The van der Waals surface area contributed by atoms with E-state index in [0.29, 0.717) is 18.8 Å². The molecular formula is C12H15F3O3. The summed E-state index contributed by atoms with van der Waals surface area (Å²) in [6, 6.07) is 4.36. The Hall–Kier alpha value is -1.11. The summed E-state index contributed by atoms with van der Waals surface area (Å²) >= 11 is 0. The minimum Gasteiger partial charge on any atom is -0.386 e. The number of aliphatic hydroxyl groups is 1. The van der Waals surface area contributed by atoms with Crippen LogP contribution in [0.4, 0.5) is 13.2 Å². The van der Waals surface area contributed by atoms with Crippen LogP contribution in [0.15, 0.2) is 24.3 Å². The molecule has 102 valence electrons. The summed E-state index contributed by atoms with van der Waals surface area (Å²) in [5, 5.41) is 9.67. The highest BCUT2D eigenvalue weighted by Crippen LogP contribution is 2.29. The van der Waals surface area contributed by atoms with Crippen molar-refractivity contribution >= 4 is 0 Å². The number of halogens is 3. The van der Waals surface area contributed by atoms with Gasteiger partial charge in [0.1, 0.15) is 6.10 Å². The first-order chi connectivity index (χ1) is 8.45. The third-order valence-electron chi connectivity index (χ3n) is 2.33. The van der Waals surface area contributed by atoms with E-state index in [1.54, 1.807) is 0 Å². The summed E-state index contributed by atoms with van der Waals surface area (Å²) in [5.74, 6) is 0. The maximum Gasteiger partial charge on any atom is 0.416 e. The Bertz CT molecular complexity index is 349. The molecule has 0 aliphatic rings. The zero-order valence-corrected chi connectivity index (χ0v) is 9.91. The van der Waals surface area contributed by atoms with Gasteiger partial charge in [-0.15, -0.1) is 0 Å². The molecular weight excluding hydrogens is 249 g/mol. The van der Waals surface area contributed by atoms with Gasteiger partial charge in [-0.1, -0.05) is 12.1 Å². The minimum absolute atomic E-state index is 0.0225. The average Bonchev–Trinajstić information content (AvgIpc) is 2.33. The summed E-state index contributed by atoms with van der Waals surface area (Å²) in [7, 11) is 1.52. The second kappa shape index (κ2) is 6.72. The molecule has 0 aromatic heterocycles. The van der Waals surface area contributed by atoms with E-state index in [1.807, 2.05) is 0 Å². The van der Waals surface area contributed by atoms with Crippen molar-refractivity contribution in [3.63, 3.8) is 0 Å². The van der Waals surface area contributed by atoms with Crippen LogP contribution in [-0.2, 0) is 15.7 Å². The predicted molar refractivity (Wildman–Crippen MR) is 59.1 cm³/mol. The minimum atomic E-state index is -4.36. The van der Waals surface area contributed by atoms with Crippen LogP contribution in [0.1, 0.15) is 17.2 Å². The number of hydrogen-bond donors (Lipinski definition) is 1. The Balaban J connectivity index is 2.51. The number of hydrogen-bond acceptors (Lipinski definition) is 3. The van der Waals surface area contributed by atoms with Crippen molar-refractivity contribution in [2.24, 2.45) is 0 Å². The van der Waals surface area contributed by atoms with Gasteiger partial charge in [0.25, 0.3) is 0 Å². The van der Waals surface area contributed by atoms with Gasteiger partial charge >= 0.3 is 6.18 Å². The second-order valence-corrected chi connectivity index (χ2v) is 3.70. The lowest BCUT2D eigenvalue weighted by molar-refractivity contribution is -0.137. The van der Waals surface area contributed by atoms with Gasteiger partial charge in [0.05, 0.1) is 25.4 Å². The topological polar surface area (TPSA) is 38.7 Å². The number of ether oxygens (including phenoxy) is 2. The molecule has 0 amide bonds. The molecule has 1 atom stereocenters. The summed E-state index contributed by atoms with van der Waals surface area (Å²) < 4.78 is 46.8. The van der Waals surface area contributed by atoms with Crippen molar-refractivity contribution in [3.8, 4) is 0 Å². The molecule has 0 saturated heterocycles. The molecule has 1 aromatic carbocycles. The Morgan fingerprint density at radius 3 is 2.28 bits per heavy atom. The summed E-state index contributed by atoms with van der Waals surface area (Å²) in [5.41, 5.74) is -0.348. The number of benzene rings is 1. The number of aliphatic hydroxyl groups excluding tert-OH is 1. The van der Waals surface area contributed by atoms with E-state index in [9.17, 15) is 18.3 Å². The summed E-state index contributed by atoms with van der Waals surface area (Å²) in [4.78, 5) is 0. The van der Waals surface area contributed by atoms with Crippen molar-refractivity contribution in [2.75, 3.05) is 26.9 Å². The molecule has 3 nitrogen and oxygen atoms in total. The van der Waals surface area contributed by atoms with Crippen LogP contribution in [0, 0.1) is 0 Å². The monoisotopic (exact) mass is 264 g/mol. The van der Waals surface area contributed by atoms with Crippen LogP contribution in [0.2, 0.25) is 0 Å². The molecule has 1 rings (SSSR count). The zero-order chi connectivity index (χ0) is 13.6. The van der Waals surface area contributed by atoms with Crippen LogP contribution in [-0.4, -0.2) is 32.0 Å². The zero-order valence-electron chi connectivity index (χ0n) is 9.91. The second-order valence-electron chi connectivity index (χ2n) is 3.70. The van der Waals surface area contributed by atoms with E-state index in [-0.39, 0.29) is 6.61 Å². The first-order valence-corrected chi connectivity index (χ1v) is 5.37. The van der Waals surface area contributed by atoms with Gasteiger partial charge in [-0.25, -0.2) is 0 Å². The van der Waals surface area contributed by atoms with Crippen LogP contribution in [0.5, 0.6) is 0 Å². The van der Waals surface area contributed by atoms with Crippen molar-refractivity contribution < 1.29 is 27.8 Å². The molecule has 0 bridgehead atoms. The van der Waals surface area contributed by atoms with E-state index < -0.39 is 17.8 Å². The fraction of sp³-hybridized carbons (Fsp3) is 0.500. The highest BCUT2D eigenvalue weighted by Gasteiger charge is 2.30. The van der Waals surface area contributed by atoms with Crippen molar-refractivity contribution in [1.29, 1.82) is 0 Å². The first-order valence-electron chi connectivity index (χ1n) is 5.37. The maximum atomic E-state index is 12.3.